The lowest BCUT2D eigenvalue weighted by Crippen LogP contribution is -2.31. The molecule has 0 radical (unpaired) electrons. The van der Waals surface area contributed by atoms with E-state index in [2.05, 4.69) is 10.6 Å². The Balaban J connectivity index is 2.02. The summed E-state index contributed by atoms with van der Waals surface area (Å²) < 4.78 is 39.5. The summed E-state index contributed by atoms with van der Waals surface area (Å²) in [6.45, 7) is 3.81. The van der Waals surface area contributed by atoms with Crippen LogP contribution < -0.4 is 10.6 Å². The molecule has 2 rings (SSSR count). The zero-order chi connectivity index (χ0) is 17.0. The number of anilines is 1. The summed E-state index contributed by atoms with van der Waals surface area (Å²) in [5.41, 5.74) is 1.63. The van der Waals surface area contributed by atoms with E-state index in [0.717, 1.165) is 24.1 Å². The molecule has 0 aromatic heterocycles. The lowest BCUT2D eigenvalue weighted by Gasteiger charge is -2.16. The fourth-order valence-electron chi connectivity index (χ4n) is 2.10. The molecule has 0 fully saturated rings. The first-order chi connectivity index (χ1) is 10.9. The van der Waals surface area contributed by atoms with Crippen molar-refractivity contribution in [3.05, 3.63) is 65.0 Å². The van der Waals surface area contributed by atoms with Crippen molar-refractivity contribution in [2.45, 2.75) is 26.3 Å². The number of amides is 2. The van der Waals surface area contributed by atoms with E-state index in [1.165, 1.54) is 5.56 Å². The Bertz CT molecular complexity index is 702. The van der Waals surface area contributed by atoms with Crippen LogP contribution in [0.15, 0.2) is 36.4 Å². The molecule has 0 spiro atoms. The van der Waals surface area contributed by atoms with E-state index in [0.29, 0.717) is 0 Å². The fourth-order valence-corrected chi connectivity index (χ4v) is 2.10. The molecule has 3 nitrogen and oxygen atoms in total. The van der Waals surface area contributed by atoms with Crippen LogP contribution in [0.3, 0.4) is 0 Å². The third-order valence-corrected chi connectivity index (χ3v) is 3.52. The van der Waals surface area contributed by atoms with E-state index in [9.17, 15) is 18.0 Å². The first-order valence-electron chi connectivity index (χ1n) is 7.22. The second-order valence-corrected chi connectivity index (χ2v) is 5.14. The molecule has 1 atom stereocenters. The molecular formula is C17H17F3N2O. The van der Waals surface area contributed by atoms with Crippen molar-refractivity contribution in [2.24, 2.45) is 0 Å². The van der Waals surface area contributed by atoms with Crippen molar-refractivity contribution in [3.8, 4) is 0 Å². The van der Waals surface area contributed by atoms with Crippen LogP contribution in [0.4, 0.5) is 23.7 Å². The van der Waals surface area contributed by atoms with Crippen LogP contribution in [-0.2, 0) is 6.42 Å². The molecule has 0 bridgehead atoms. The largest absolute Gasteiger partial charge is 0.331 e. The lowest BCUT2D eigenvalue weighted by molar-refractivity contribution is 0.249. The topological polar surface area (TPSA) is 41.1 Å². The van der Waals surface area contributed by atoms with E-state index in [4.69, 9.17) is 0 Å². The van der Waals surface area contributed by atoms with Gasteiger partial charge in [0.05, 0.1) is 11.7 Å². The Morgan fingerprint density at radius 2 is 1.70 bits per heavy atom. The first kappa shape index (κ1) is 16.9. The van der Waals surface area contributed by atoms with Gasteiger partial charge < -0.3 is 10.6 Å². The van der Waals surface area contributed by atoms with E-state index in [1.54, 1.807) is 6.92 Å². The number of hydrogen-bond donors (Lipinski definition) is 2. The molecule has 1 unspecified atom stereocenters. The van der Waals surface area contributed by atoms with Crippen LogP contribution in [0, 0.1) is 17.5 Å². The van der Waals surface area contributed by atoms with Crippen LogP contribution in [0.25, 0.3) is 0 Å². The Labute approximate surface area is 132 Å². The van der Waals surface area contributed by atoms with Gasteiger partial charge in [-0.1, -0.05) is 31.2 Å². The maximum atomic E-state index is 13.5. The summed E-state index contributed by atoms with van der Waals surface area (Å²) in [7, 11) is 0. The summed E-state index contributed by atoms with van der Waals surface area (Å²) in [4.78, 5) is 11.9. The summed E-state index contributed by atoms with van der Waals surface area (Å²) in [6, 6.07) is 8.39. The quantitative estimate of drug-likeness (QED) is 0.797. The van der Waals surface area contributed by atoms with Crippen LogP contribution >= 0.6 is 0 Å². The minimum atomic E-state index is -1.62. The number of carbonyl (C=O) groups excluding carboxylic acids is 1. The minimum absolute atomic E-state index is 0.325. The van der Waals surface area contributed by atoms with Crippen LogP contribution in [0.2, 0.25) is 0 Å². The third kappa shape index (κ3) is 4.03. The molecule has 2 aromatic rings. The normalized spacial score (nSPS) is 11.9. The van der Waals surface area contributed by atoms with Crippen molar-refractivity contribution in [1.82, 2.24) is 5.32 Å². The second-order valence-electron chi connectivity index (χ2n) is 5.14. The highest BCUT2D eigenvalue weighted by Gasteiger charge is 2.16. The molecular weight excluding hydrogens is 305 g/mol. The minimum Gasteiger partial charge on any atom is -0.331 e. The predicted molar refractivity (Wildman–Crippen MR) is 82.7 cm³/mol. The van der Waals surface area contributed by atoms with Crippen molar-refractivity contribution in [3.63, 3.8) is 0 Å². The predicted octanol–water partition coefficient (Wildman–Crippen LogP) is 4.55. The number of halogens is 3. The van der Waals surface area contributed by atoms with E-state index < -0.39 is 29.2 Å². The Kier molecular flexibility index (Phi) is 5.26. The SMILES string of the molecule is CCc1ccc(C(C)NC(=O)Nc2ccc(F)c(F)c2F)cc1. The summed E-state index contributed by atoms with van der Waals surface area (Å²) in [6.07, 6.45) is 0.915. The summed E-state index contributed by atoms with van der Waals surface area (Å²) in [5, 5.41) is 4.78. The standard InChI is InChI=1S/C17H17F3N2O/c1-3-11-4-6-12(7-5-11)10(2)21-17(23)22-14-9-8-13(18)15(19)16(14)20/h4-10H,3H2,1-2H3,(H2,21,22,23). The van der Waals surface area contributed by atoms with Crippen molar-refractivity contribution in [2.75, 3.05) is 5.32 Å². The molecule has 0 aliphatic rings. The Morgan fingerprint density at radius 1 is 1.04 bits per heavy atom. The number of nitrogens with one attached hydrogen (secondary N) is 2. The molecule has 2 aromatic carbocycles. The highest BCUT2D eigenvalue weighted by molar-refractivity contribution is 5.89. The van der Waals surface area contributed by atoms with Gasteiger partial charge in [-0.25, -0.2) is 18.0 Å². The van der Waals surface area contributed by atoms with Gasteiger partial charge in [-0.15, -0.1) is 0 Å². The monoisotopic (exact) mass is 322 g/mol. The number of aryl methyl sites for hydroxylation is 1. The maximum Gasteiger partial charge on any atom is 0.319 e. The third-order valence-electron chi connectivity index (χ3n) is 3.52. The van der Waals surface area contributed by atoms with E-state index in [1.807, 2.05) is 31.2 Å². The zero-order valence-corrected chi connectivity index (χ0v) is 12.8. The van der Waals surface area contributed by atoms with Gasteiger partial charge in [-0.3, -0.25) is 0 Å². The van der Waals surface area contributed by atoms with E-state index >= 15 is 0 Å². The van der Waals surface area contributed by atoms with Gasteiger partial charge >= 0.3 is 6.03 Å². The lowest BCUT2D eigenvalue weighted by atomic mass is 10.1. The van der Waals surface area contributed by atoms with Gasteiger partial charge in [0.25, 0.3) is 0 Å². The molecule has 2 N–H and O–H groups in total. The number of carbonyl (C=O) groups is 1. The number of urea groups is 1. The van der Waals surface area contributed by atoms with Crippen molar-refractivity contribution < 1.29 is 18.0 Å². The molecule has 0 heterocycles. The number of benzene rings is 2. The van der Waals surface area contributed by atoms with E-state index in [-0.39, 0.29) is 6.04 Å². The summed E-state index contributed by atoms with van der Waals surface area (Å²) >= 11 is 0. The van der Waals surface area contributed by atoms with Crippen LogP contribution in [0.5, 0.6) is 0 Å². The second kappa shape index (κ2) is 7.17. The van der Waals surface area contributed by atoms with Crippen molar-refractivity contribution in [1.29, 1.82) is 0 Å². The average Bonchev–Trinajstić information content (AvgIpc) is 2.55. The van der Waals surface area contributed by atoms with Gasteiger partial charge in [-0.2, -0.15) is 0 Å². The van der Waals surface area contributed by atoms with Crippen LogP contribution in [0.1, 0.15) is 31.0 Å². The molecule has 0 aliphatic heterocycles. The highest BCUT2D eigenvalue weighted by atomic mass is 19.2. The van der Waals surface area contributed by atoms with Gasteiger partial charge in [0, 0.05) is 0 Å². The molecule has 122 valence electrons. The molecule has 0 aliphatic carbocycles. The van der Waals surface area contributed by atoms with Gasteiger partial charge in [0.1, 0.15) is 0 Å². The molecule has 0 saturated heterocycles. The number of rotatable bonds is 4. The highest BCUT2D eigenvalue weighted by Crippen LogP contribution is 2.20. The summed E-state index contributed by atoms with van der Waals surface area (Å²) in [5.74, 6) is -4.36. The fraction of sp³-hybridized carbons (Fsp3) is 0.235. The Morgan fingerprint density at radius 3 is 2.30 bits per heavy atom. The number of hydrogen-bond acceptors (Lipinski definition) is 1. The van der Waals surface area contributed by atoms with Crippen molar-refractivity contribution >= 4 is 11.7 Å². The molecule has 2 amide bonds. The molecule has 0 saturated carbocycles. The Hall–Kier alpha value is -2.50. The maximum absolute atomic E-state index is 13.5. The molecule has 6 heteroatoms. The smallest absolute Gasteiger partial charge is 0.319 e. The van der Waals surface area contributed by atoms with Gasteiger partial charge in [0.15, 0.2) is 17.5 Å². The molecule has 23 heavy (non-hydrogen) atoms. The van der Waals surface area contributed by atoms with Crippen LogP contribution in [-0.4, -0.2) is 6.03 Å². The first-order valence-corrected chi connectivity index (χ1v) is 7.22. The van der Waals surface area contributed by atoms with Gasteiger partial charge in [0.2, 0.25) is 0 Å². The zero-order valence-electron chi connectivity index (χ0n) is 12.8. The van der Waals surface area contributed by atoms with Gasteiger partial charge in [-0.05, 0) is 36.6 Å². The average molecular weight is 322 g/mol.